The van der Waals surface area contributed by atoms with Crippen LogP contribution in [0, 0.1) is 11.6 Å². The van der Waals surface area contributed by atoms with Crippen molar-refractivity contribution in [2.24, 2.45) is 0 Å². The molecule has 0 aliphatic carbocycles. The Morgan fingerprint density at radius 3 is 2.68 bits per heavy atom. The molecule has 4 aromatic rings. The first-order valence-electron chi connectivity index (χ1n) is 10.2. The summed E-state index contributed by atoms with van der Waals surface area (Å²) in [4.78, 5) is 10.5. The Labute approximate surface area is 197 Å². The fourth-order valence-electron chi connectivity index (χ4n) is 4.19. The molecule has 0 spiro atoms. The number of fused-ring (bicyclic) bond motifs is 1. The Morgan fingerprint density at radius 2 is 1.94 bits per heavy atom. The summed E-state index contributed by atoms with van der Waals surface area (Å²) in [5.74, 6) is -0.932. The lowest BCUT2D eigenvalue weighted by Gasteiger charge is -2.26. The zero-order chi connectivity index (χ0) is 24.2. The van der Waals surface area contributed by atoms with E-state index in [-0.39, 0.29) is 23.6 Å². The number of rotatable bonds is 4. The summed E-state index contributed by atoms with van der Waals surface area (Å²) < 4.78 is 67.3. The van der Waals surface area contributed by atoms with Crippen LogP contribution in [0.4, 0.5) is 19.0 Å². The number of aromatic nitrogens is 4. The third-order valence-corrected chi connectivity index (χ3v) is 6.87. The third kappa shape index (κ3) is 3.98. The molecule has 7 nitrogen and oxygen atoms in total. The van der Waals surface area contributed by atoms with Gasteiger partial charge in [-0.05, 0) is 30.3 Å². The van der Waals surface area contributed by atoms with Crippen LogP contribution in [-0.4, -0.2) is 46.5 Å². The van der Waals surface area contributed by atoms with E-state index in [1.54, 1.807) is 17.0 Å². The summed E-state index contributed by atoms with van der Waals surface area (Å²) in [6.07, 6.45) is 3.78. The average Bonchev–Trinajstić information content (AvgIpc) is 3.42. The van der Waals surface area contributed by atoms with Crippen LogP contribution in [0.25, 0.3) is 22.2 Å². The smallest absolute Gasteiger partial charge is 0.250 e. The summed E-state index contributed by atoms with van der Waals surface area (Å²) in [6.45, 7) is -0.0610. The van der Waals surface area contributed by atoms with E-state index in [4.69, 9.17) is 11.6 Å². The van der Waals surface area contributed by atoms with Crippen LogP contribution in [0.5, 0.6) is 0 Å². The van der Waals surface area contributed by atoms with Crippen LogP contribution < -0.4 is 4.90 Å². The topological polar surface area (TPSA) is 81.0 Å². The largest absolute Gasteiger partial charge is 0.346 e. The number of benzene rings is 1. The van der Waals surface area contributed by atoms with Gasteiger partial charge >= 0.3 is 0 Å². The first-order valence-corrected chi connectivity index (χ1v) is 12.4. The van der Waals surface area contributed by atoms with E-state index in [1.807, 2.05) is 0 Å². The minimum atomic E-state index is -3.62. The molecule has 1 fully saturated rings. The van der Waals surface area contributed by atoms with Crippen LogP contribution in [0.15, 0.2) is 48.9 Å². The maximum atomic E-state index is 14.5. The fraction of sp³-hybridized carbons (Fsp3) is 0.227. The quantitative estimate of drug-likeness (QED) is 0.404. The van der Waals surface area contributed by atoms with Crippen molar-refractivity contribution in [3.05, 3.63) is 71.1 Å². The Bertz CT molecular complexity index is 1530. The van der Waals surface area contributed by atoms with E-state index in [9.17, 15) is 21.6 Å². The van der Waals surface area contributed by atoms with Gasteiger partial charge in [-0.15, -0.1) is 0 Å². The molecule has 0 N–H and O–H groups in total. The van der Waals surface area contributed by atoms with Crippen molar-refractivity contribution in [1.82, 2.24) is 19.2 Å². The Balaban J connectivity index is 1.64. The van der Waals surface area contributed by atoms with Gasteiger partial charge in [-0.2, -0.15) is 9.19 Å². The molecule has 1 saturated heterocycles. The van der Waals surface area contributed by atoms with Gasteiger partial charge in [0.2, 0.25) is 0 Å². The summed E-state index contributed by atoms with van der Waals surface area (Å²) in [7, 11) is -3.62. The minimum absolute atomic E-state index is 0.0259. The standard InChI is InChI=1S/C22H17ClF3N5O2S/c1-34(32,33)31-10-12(8-28-31)21-16(23)9-27-18-4-5-20(29-22(18)21)30-11-14(25)7-19(30)15-6-13(24)2-3-17(15)26/h2-6,8-10,14,19H,7,11H2,1H3/t14-,19+/m0/s1. The normalized spacial score (nSPS) is 18.7. The summed E-state index contributed by atoms with van der Waals surface area (Å²) in [5, 5.41) is 4.09. The van der Waals surface area contributed by atoms with Gasteiger partial charge in [0.05, 0.1) is 41.8 Å². The van der Waals surface area contributed by atoms with E-state index in [2.05, 4.69) is 15.1 Å². The molecule has 34 heavy (non-hydrogen) atoms. The Hall–Kier alpha value is -3.18. The lowest BCUT2D eigenvalue weighted by atomic mass is 10.0. The highest BCUT2D eigenvalue weighted by Crippen LogP contribution is 2.40. The van der Waals surface area contributed by atoms with Crippen molar-refractivity contribution >= 4 is 38.5 Å². The second-order valence-corrected chi connectivity index (χ2v) is 10.3. The maximum absolute atomic E-state index is 14.5. The van der Waals surface area contributed by atoms with Crippen molar-refractivity contribution in [2.45, 2.75) is 18.6 Å². The highest BCUT2D eigenvalue weighted by Gasteiger charge is 2.36. The number of halogens is 4. The molecule has 4 heterocycles. The first-order chi connectivity index (χ1) is 16.1. The second kappa shape index (κ2) is 8.24. The van der Waals surface area contributed by atoms with Crippen LogP contribution in [-0.2, 0) is 10.0 Å². The number of pyridine rings is 2. The van der Waals surface area contributed by atoms with Crippen molar-refractivity contribution in [3.8, 4) is 11.1 Å². The summed E-state index contributed by atoms with van der Waals surface area (Å²) in [6, 6.07) is 5.60. The van der Waals surface area contributed by atoms with Gasteiger partial charge < -0.3 is 4.90 Å². The predicted octanol–water partition coefficient (Wildman–Crippen LogP) is 4.52. The van der Waals surface area contributed by atoms with Crippen LogP contribution in [0.1, 0.15) is 18.0 Å². The highest BCUT2D eigenvalue weighted by atomic mass is 35.5. The van der Waals surface area contributed by atoms with Gasteiger partial charge in [-0.25, -0.2) is 26.6 Å². The molecule has 0 unspecified atom stereocenters. The molecular weight excluding hydrogens is 491 g/mol. The van der Waals surface area contributed by atoms with Crippen molar-refractivity contribution < 1.29 is 21.6 Å². The number of alkyl halides is 1. The van der Waals surface area contributed by atoms with Crippen molar-refractivity contribution in [1.29, 1.82) is 0 Å². The summed E-state index contributed by atoms with van der Waals surface area (Å²) >= 11 is 6.41. The lowest BCUT2D eigenvalue weighted by molar-refractivity contribution is 0.355. The molecule has 0 bridgehead atoms. The molecule has 0 radical (unpaired) electrons. The average molecular weight is 508 g/mol. The molecule has 5 rings (SSSR count). The van der Waals surface area contributed by atoms with E-state index >= 15 is 0 Å². The number of anilines is 1. The number of hydrogen-bond acceptors (Lipinski definition) is 6. The molecule has 1 aliphatic rings. The monoisotopic (exact) mass is 507 g/mol. The van der Waals surface area contributed by atoms with Crippen LogP contribution >= 0.6 is 11.6 Å². The molecule has 176 valence electrons. The molecule has 0 saturated carbocycles. The van der Waals surface area contributed by atoms with Gasteiger partial charge in [-0.3, -0.25) is 4.98 Å². The molecule has 3 aromatic heterocycles. The minimum Gasteiger partial charge on any atom is -0.346 e. The molecule has 1 aromatic carbocycles. The molecule has 12 heteroatoms. The molecule has 1 aliphatic heterocycles. The van der Waals surface area contributed by atoms with Gasteiger partial charge in [0, 0.05) is 29.3 Å². The van der Waals surface area contributed by atoms with E-state index in [1.165, 1.54) is 18.6 Å². The van der Waals surface area contributed by atoms with Gasteiger partial charge in [0.15, 0.2) is 0 Å². The van der Waals surface area contributed by atoms with E-state index in [0.717, 1.165) is 28.5 Å². The highest BCUT2D eigenvalue weighted by molar-refractivity contribution is 7.89. The van der Waals surface area contributed by atoms with Gasteiger partial charge in [0.1, 0.15) is 29.1 Å². The van der Waals surface area contributed by atoms with E-state index in [0.29, 0.717) is 28.0 Å². The van der Waals surface area contributed by atoms with Crippen molar-refractivity contribution in [3.63, 3.8) is 0 Å². The molecule has 0 amide bonds. The van der Waals surface area contributed by atoms with Crippen LogP contribution in [0.2, 0.25) is 5.02 Å². The molecular formula is C22H17ClF3N5O2S. The van der Waals surface area contributed by atoms with Crippen molar-refractivity contribution in [2.75, 3.05) is 17.7 Å². The number of hydrogen-bond donors (Lipinski definition) is 0. The Kier molecular flexibility index (Phi) is 5.48. The number of nitrogens with zero attached hydrogens (tertiary/aromatic N) is 5. The SMILES string of the molecule is CS(=O)(=O)n1cc(-c2c(Cl)cnc3ccc(N4C[C@@H](F)C[C@@H]4c4cc(F)ccc4F)nc23)cn1. The maximum Gasteiger partial charge on any atom is 0.250 e. The molecule has 2 atom stereocenters. The zero-order valence-corrected chi connectivity index (χ0v) is 19.2. The van der Waals surface area contributed by atoms with E-state index < -0.39 is 33.9 Å². The zero-order valence-electron chi connectivity index (χ0n) is 17.7. The second-order valence-electron chi connectivity index (χ2n) is 8.05. The Morgan fingerprint density at radius 1 is 1.15 bits per heavy atom. The van der Waals surface area contributed by atoms with Gasteiger partial charge in [-0.1, -0.05) is 11.6 Å². The van der Waals surface area contributed by atoms with Gasteiger partial charge in [0.25, 0.3) is 10.0 Å². The predicted molar refractivity (Wildman–Crippen MR) is 122 cm³/mol. The van der Waals surface area contributed by atoms with Crippen LogP contribution in [0.3, 0.4) is 0 Å². The summed E-state index contributed by atoms with van der Waals surface area (Å²) in [5.41, 5.74) is 1.62. The fourth-order valence-corrected chi connectivity index (χ4v) is 4.96. The first kappa shape index (κ1) is 22.6. The lowest BCUT2D eigenvalue weighted by Crippen LogP contribution is -2.25. The third-order valence-electron chi connectivity index (χ3n) is 5.70.